The molecule has 0 heterocycles. The van der Waals surface area contributed by atoms with Crippen LogP contribution in [0.15, 0.2) is 0 Å². The Morgan fingerprint density at radius 1 is 0.583 bits per heavy atom. The Morgan fingerprint density at radius 2 is 0.722 bits per heavy atom. The monoisotopic (exact) mass is 558 g/mol. The summed E-state index contributed by atoms with van der Waals surface area (Å²) < 4.78 is 0. The van der Waals surface area contributed by atoms with Crippen LogP contribution in [0.5, 0.6) is 0 Å². The van der Waals surface area contributed by atoms with Gasteiger partial charge in [0, 0.05) is 65.6 Å². The van der Waals surface area contributed by atoms with Crippen molar-refractivity contribution >= 4 is 41.8 Å². The van der Waals surface area contributed by atoms with Crippen LogP contribution < -0.4 is 115 Å². The Balaban J connectivity index is -0.0000000382. The summed E-state index contributed by atoms with van der Waals surface area (Å²) in [6.07, 6.45) is -2.72. The van der Waals surface area contributed by atoms with E-state index in [1.54, 1.807) is 0 Å². The molecule has 0 atom stereocenters. The third-order valence-corrected chi connectivity index (χ3v) is 1.42. The van der Waals surface area contributed by atoms with Gasteiger partial charge in [-0.25, -0.2) is 0 Å². The summed E-state index contributed by atoms with van der Waals surface area (Å²) in [6, 6.07) is 0. The zero-order chi connectivity index (χ0) is 28.4. The van der Waals surface area contributed by atoms with E-state index in [1.807, 2.05) is 0 Å². The number of hydrogen-bond acceptors (Lipinski definition) is 13. The second kappa shape index (κ2) is 41.3. The minimum Gasteiger partial charge on any atom is -0.550 e. The number of aliphatic carboxylic acids is 7. The first-order valence-corrected chi connectivity index (χ1v) is 8.14. The van der Waals surface area contributed by atoms with Gasteiger partial charge in [0.05, 0.1) is 5.97 Å². The van der Waals surface area contributed by atoms with E-state index in [9.17, 15) is 29.7 Å². The van der Waals surface area contributed by atoms with Crippen molar-refractivity contribution < 1.29 is 163 Å². The predicted molar refractivity (Wildman–Crippen MR) is 101 cm³/mol. The minimum absolute atomic E-state index is 0. The number of carbonyl (C=O) groups excluding carboxylic acids is 3. The largest absolute Gasteiger partial charge is 1.00 e. The molecule has 0 bridgehead atoms. The maximum atomic E-state index is 10.1. The Morgan fingerprint density at radius 3 is 0.778 bits per heavy atom. The quantitative estimate of drug-likeness (QED) is 0.149. The van der Waals surface area contributed by atoms with E-state index in [0.717, 1.165) is 27.7 Å². The molecule has 0 spiro atoms. The van der Waals surface area contributed by atoms with Crippen molar-refractivity contribution in [3.05, 3.63) is 0 Å². The van der Waals surface area contributed by atoms with Gasteiger partial charge in [0.2, 0.25) is 0 Å². The maximum absolute atomic E-state index is 10.1. The molecule has 0 aromatic carbocycles. The van der Waals surface area contributed by atoms with E-state index in [1.165, 1.54) is 0 Å². The first-order valence-electron chi connectivity index (χ1n) is 8.14. The van der Waals surface area contributed by atoms with Gasteiger partial charge in [-0.3, -0.25) is 19.2 Å². The van der Waals surface area contributed by atoms with Gasteiger partial charge in [-0.1, -0.05) is 0 Å². The zero-order valence-electron chi connectivity index (χ0n) is 21.3. The van der Waals surface area contributed by atoms with Crippen LogP contribution >= 0.6 is 0 Å². The van der Waals surface area contributed by atoms with Gasteiger partial charge < -0.3 is 66.7 Å². The Labute approximate surface area is 273 Å². The van der Waals surface area contributed by atoms with Crippen LogP contribution in [0.4, 0.5) is 0 Å². The van der Waals surface area contributed by atoms with Crippen LogP contribution in [0.25, 0.3) is 0 Å². The first-order chi connectivity index (χ1) is 14.6. The van der Waals surface area contributed by atoms with Crippen LogP contribution in [-0.4, -0.2) is 86.0 Å². The van der Waals surface area contributed by atoms with E-state index >= 15 is 0 Å². The van der Waals surface area contributed by atoms with Gasteiger partial charge in [-0.15, -0.1) is 0 Å². The minimum atomic E-state index is -2.97. The molecular weight excluding hydrogens is 529 g/mol. The fourth-order valence-corrected chi connectivity index (χ4v) is 0.684. The summed E-state index contributed by atoms with van der Waals surface area (Å²) >= 11 is 0. The fraction of sp³-hybridized carbons (Fsp3) is 0.562. The predicted octanol–water partition coefficient (Wildman–Crippen LogP) is -15.0. The molecule has 0 aromatic rings. The summed E-state index contributed by atoms with van der Waals surface area (Å²) in [5.74, 6) is -9.32. The van der Waals surface area contributed by atoms with Gasteiger partial charge in [0.25, 0.3) is 23.9 Å². The third kappa shape index (κ3) is 131. The van der Waals surface area contributed by atoms with Gasteiger partial charge >= 0.3 is 88.7 Å². The second-order valence-electron chi connectivity index (χ2n) is 5.07. The molecule has 20 heteroatoms. The molecule has 0 saturated heterocycles. The van der Waals surface area contributed by atoms with Crippen molar-refractivity contribution in [2.24, 2.45) is 11.5 Å². The van der Waals surface area contributed by atoms with E-state index < -0.39 is 60.2 Å². The Kier molecular flexibility index (Phi) is 68.8. The summed E-state index contributed by atoms with van der Waals surface area (Å²) in [4.78, 5) is 66.0. The van der Waals surface area contributed by atoms with Crippen LogP contribution in [0.2, 0.25) is 0 Å². The molecule has 17 nitrogen and oxygen atoms in total. The SMILES string of the molecule is CC(=O)O.CC(=O)O.CC(=O)O.CC(=O)O.NCCN.O=C([O-])CC(O)(CC(=O)[O-])C(=O)[O-].[Na+].[Na+].[Na+]. The zero-order valence-corrected chi connectivity index (χ0v) is 27.3. The van der Waals surface area contributed by atoms with Crippen molar-refractivity contribution in [1.29, 1.82) is 0 Å². The van der Waals surface area contributed by atoms with Crippen molar-refractivity contribution in [3.63, 3.8) is 0 Å². The second-order valence-corrected chi connectivity index (χ2v) is 5.07. The standard InChI is InChI=1S/C6H8O7.C2H8N2.4C2H4O2.3Na/c7-3(8)1-6(13,5(11)12)2-4(9)10;3-1-2-4;4*1-2(3)4;;;/h13H,1-2H2,(H,7,8)(H,9,10)(H,11,12);1-4H2;4*1H3,(H,3,4);;;/q;;;;;;3*+1/p-3. The molecule has 0 aromatic heterocycles. The van der Waals surface area contributed by atoms with Crippen molar-refractivity contribution in [3.8, 4) is 0 Å². The number of hydrogen-bond donors (Lipinski definition) is 7. The fourth-order valence-electron chi connectivity index (χ4n) is 0.684. The molecule has 0 unspecified atom stereocenters. The molecule has 0 radical (unpaired) electrons. The van der Waals surface area contributed by atoms with E-state index in [0.29, 0.717) is 13.1 Å². The van der Waals surface area contributed by atoms with Crippen LogP contribution in [0.3, 0.4) is 0 Å². The molecule has 196 valence electrons. The number of carboxylic acids is 7. The van der Waals surface area contributed by atoms with Crippen LogP contribution in [0, 0.1) is 0 Å². The van der Waals surface area contributed by atoms with Crippen molar-refractivity contribution in [2.75, 3.05) is 13.1 Å². The van der Waals surface area contributed by atoms with Crippen LogP contribution in [0.1, 0.15) is 40.5 Å². The van der Waals surface area contributed by atoms with Crippen molar-refractivity contribution in [1.82, 2.24) is 0 Å². The first kappa shape index (κ1) is 60.0. The number of nitrogens with two attached hydrogens (primary N) is 2. The molecule has 0 aliphatic rings. The Hall–Kier alpha value is -0.830. The molecule has 0 aliphatic carbocycles. The number of carboxylic acid groups (broad SMARTS) is 7. The Bertz CT molecular complexity index is 538. The number of aliphatic hydroxyl groups is 1. The van der Waals surface area contributed by atoms with Crippen LogP contribution in [-0.2, 0) is 33.6 Å². The summed E-state index contributed by atoms with van der Waals surface area (Å²) in [5.41, 5.74) is 6.83. The molecular formula is C16H29N2Na3O15. The van der Waals surface area contributed by atoms with E-state index in [4.69, 9.17) is 56.2 Å². The molecule has 36 heavy (non-hydrogen) atoms. The molecule has 0 saturated carbocycles. The van der Waals surface area contributed by atoms with Gasteiger partial charge in [-0.05, 0) is 0 Å². The molecule has 0 rings (SSSR count). The van der Waals surface area contributed by atoms with Gasteiger partial charge in [-0.2, -0.15) is 0 Å². The van der Waals surface area contributed by atoms with E-state index in [-0.39, 0.29) is 88.7 Å². The normalized spacial score (nSPS) is 7.53. The summed E-state index contributed by atoms with van der Waals surface area (Å²) in [5, 5.41) is 68.6. The van der Waals surface area contributed by atoms with Gasteiger partial charge in [0.15, 0.2) is 0 Å². The topological polar surface area (TPSA) is 342 Å². The average Bonchev–Trinajstić information content (AvgIpc) is 2.51. The summed E-state index contributed by atoms with van der Waals surface area (Å²) in [6.45, 7) is 5.53. The molecule has 0 amide bonds. The van der Waals surface area contributed by atoms with Gasteiger partial charge in [0.1, 0.15) is 5.60 Å². The third-order valence-electron chi connectivity index (χ3n) is 1.42. The number of rotatable bonds is 6. The van der Waals surface area contributed by atoms with E-state index in [2.05, 4.69) is 0 Å². The maximum Gasteiger partial charge on any atom is 1.00 e. The summed E-state index contributed by atoms with van der Waals surface area (Å²) in [7, 11) is 0. The van der Waals surface area contributed by atoms with Crippen molar-refractivity contribution in [2.45, 2.75) is 46.1 Å². The molecule has 0 aliphatic heterocycles. The molecule has 9 N–H and O–H groups in total. The average molecular weight is 558 g/mol. The number of carbonyl (C=O) groups is 7. The smallest absolute Gasteiger partial charge is 0.550 e. The molecule has 0 fully saturated rings.